The molecule has 21 heavy (non-hydrogen) atoms. The first-order chi connectivity index (χ1) is 9.99. The lowest BCUT2D eigenvalue weighted by molar-refractivity contribution is -0.384. The summed E-state index contributed by atoms with van der Waals surface area (Å²) in [6, 6.07) is 3.72. The number of halogens is 2. The average molecular weight is 312 g/mol. The molecule has 110 valence electrons. The highest BCUT2D eigenvalue weighted by molar-refractivity contribution is 6.30. The van der Waals surface area contributed by atoms with Crippen LogP contribution in [0, 0.1) is 15.9 Å². The summed E-state index contributed by atoms with van der Waals surface area (Å²) >= 11 is 5.74. The number of anilines is 3. The van der Waals surface area contributed by atoms with Crippen LogP contribution in [0.25, 0.3) is 0 Å². The molecule has 0 aliphatic heterocycles. The van der Waals surface area contributed by atoms with E-state index in [4.69, 9.17) is 11.6 Å². The van der Waals surface area contributed by atoms with Crippen molar-refractivity contribution in [3.05, 3.63) is 45.4 Å². The van der Waals surface area contributed by atoms with E-state index in [1.54, 1.807) is 0 Å². The number of hydrogen-bond donors (Lipinski definition) is 2. The third kappa shape index (κ3) is 3.76. The van der Waals surface area contributed by atoms with Gasteiger partial charge in [-0.25, -0.2) is 9.37 Å². The minimum absolute atomic E-state index is 0.0485. The minimum Gasteiger partial charge on any atom is -0.354 e. The summed E-state index contributed by atoms with van der Waals surface area (Å²) < 4.78 is 13.3. The Kier molecular flexibility index (Phi) is 4.49. The van der Waals surface area contributed by atoms with Crippen LogP contribution >= 0.6 is 11.6 Å². The van der Waals surface area contributed by atoms with E-state index in [1.165, 1.54) is 6.07 Å². The molecule has 0 radical (unpaired) electrons. The molecule has 2 rings (SSSR count). The van der Waals surface area contributed by atoms with Gasteiger partial charge in [-0.15, -0.1) is 0 Å². The number of nitrogens with one attached hydrogen (secondary N) is 2. The second-order valence-corrected chi connectivity index (χ2v) is 4.43. The summed E-state index contributed by atoms with van der Waals surface area (Å²) in [5, 5.41) is 16.7. The van der Waals surface area contributed by atoms with Crippen LogP contribution in [-0.2, 0) is 0 Å². The first-order valence-electron chi connectivity index (χ1n) is 5.98. The zero-order chi connectivity index (χ0) is 15.4. The Hall–Kier alpha value is -2.48. The van der Waals surface area contributed by atoms with Gasteiger partial charge < -0.3 is 10.6 Å². The van der Waals surface area contributed by atoms with Gasteiger partial charge in [0, 0.05) is 17.3 Å². The Morgan fingerprint density at radius 2 is 2.19 bits per heavy atom. The van der Waals surface area contributed by atoms with Crippen LogP contribution in [0.15, 0.2) is 24.4 Å². The van der Waals surface area contributed by atoms with Gasteiger partial charge >= 0.3 is 5.69 Å². The normalized spacial score (nSPS) is 10.2. The molecule has 0 saturated carbocycles. The molecular formula is C12H11ClFN5O2. The number of aromatic nitrogens is 2. The number of nitrogens with zero attached hydrogens (tertiary/aromatic N) is 3. The minimum atomic E-state index is -0.626. The van der Waals surface area contributed by atoms with Crippen molar-refractivity contribution in [3.63, 3.8) is 0 Å². The number of rotatable bonds is 5. The monoisotopic (exact) mass is 311 g/mol. The van der Waals surface area contributed by atoms with Crippen molar-refractivity contribution in [1.29, 1.82) is 0 Å². The molecule has 0 saturated heterocycles. The maximum atomic E-state index is 13.3. The molecule has 0 bridgehead atoms. The van der Waals surface area contributed by atoms with Crippen molar-refractivity contribution in [3.8, 4) is 0 Å². The zero-order valence-electron chi connectivity index (χ0n) is 10.9. The first kappa shape index (κ1) is 14.9. The molecule has 0 amide bonds. The van der Waals surface area contributed by atoms with E-state index in [1.807, 2.05) is 6.92 Å². The van der Waals surface area contributed by atoms with Gasteiger partial charge in [0.25, 0.3) is 0 Å². The molecule has 0 spiro atoms. The van der Waals surface area contributed by atoms with Crippen molar-refractivity contribution in [2.24, 2.45) is 0 Å². The predicted molar refractivity (Wildman–Crippen MR) is 77.5 cm³/mol. The highest BCUT2D eigenvalue weighted by atomic mass is 35.5. The van der Waals surface area contributed by atoms with Gasteiger partial charge in [0.15, 0.2) is 0 Å². The molecule has 2 aromatic rings. The van der Waals surface area contributed by atoms with Crippen LogP contribution in [0.2, 0.25) is 5.02 Å². The topological polar surface area (TPSA) is 93.0 Å². The zero-order valence-corrected chi connectivity index (χ0v) is 11.7. The standard InChI is InChI=1S/C12H11ClFN5O2/c1-2-15-12-16-6-10(19(20)21)11(18-12)17-9-4-7(13)3-8(14)5-9/h3-6H,2H2,1H3,(H2,15,16,17,18). The Morgan fingerprint density at radius 1 is 1.43 bits per heavy atom. The van der Waals surface area contributed by atoms with E-state index in [-0.39, 0.29) is 28.2 Å². The molecule has 7 nitrogen and oxygen atoms in total. The Morgan fingerprint density at radius 3 is 2.81 bits per heavy atom. The van der Waals surface area contributed by atoms with Crippen LogP contribution in [0.4, 0.5) is 27.5 Å². The molecule has 9 heteroatoms. The van der Waals surface area contributed by atoms with Gasteiger partial charge in [-0.3, -0.25) is 10.1 Å². The number of hydrogen-bond acceptors (Lipinski definition) is 6. The first-order valence-corrected chi connectivity index (χ1v) is 6.36. The Bertz CT molecular complexity index is 662. The molecule has 0 unspecified atom stereocenters. The van der Waals surface area contributed by atoms with E-state index in [2.05, 4.69) is 20.6 Å². The fourth-order valence-electron chi connectivity index (χ4n) is 1.61. The lowest BCUT2D eigenvalue weighted by Gasteiger charge is -2.08. The molecule has 0 fully saturated rings. The second kappa shape index (κ2) is 6.31. The second-order valence-electron chi connectivity index (χ2n) is 4.00. The van der Waals surface area contributed by atoms with Crippen LogP contribution in [0.5, 0.6) is 0 Å². The summed E-state index contributed by atoms with van der Waals surface area (Å²) in [4.78, 5) is 18.2. The lowest BCUT2D eigenvalue weighted by Crippen LogP contribution is -2.06. The average Bonchev–Trinajstić information content (AvgIpc) is 2.37. The van der Waals surface area contributed by atoms with Crippen molar-refractivity contribution in [2.45, 2.75) is 6.92 Å². The van der Waals surface area contributed by atoms with Crippen molar-refractivity contribution in [1.82, 2.24) is 9.97 Å². The molecular weight excluding hydrogens is 301 g/mol. The van der Waals surface area contributed by atoms with Gasteiger partial charge in [-0.1, -0.05) is 11.6 Å². The SMILES string of the molecule is CCNc1ncc([N+](=O)[O-])c(Nc2cc(F)cc(Cl)c2)n1. The molecule has 1 aromatic carbocycles. The van der Waals surface area contributed by atoms with Gasteiger partial charge in [0.2, 0.25) is 11.8 Å². The van der Waals surface area contributed by atoms with E-state index >= 15 is 0 Å². The highest BCUT2D eigenvalue weighted by Gasteiger charge is 2.17. The number of nitro groups is 1. The molecule has 0 aliphatic carbocycles. The maximum absolute atomic E-state index is 13.3. The van der Waals surface area contributed by atoms with Crippen LogP contribution in [0.1, 0.15) is 6.92 Å². The summed E-state index contributed by atoms with van der Waals surface area (Å²) in [6.07, 6.45) is 1.08. The van der Waals surface area contributed by atoms with E-state index in [0.717, 1.165) is 18.3 Å². The Labute approximate surface area is 124 Å². The van der Waals surface area contributed by atoms with Crippen molar-refractivity contribution >= 4 is 34.7 Å². The van der Waals surface area contributed by atoms with Gasteiger partial charge in [0.1, 0.15) is 12.0 Å². The molecule has 0 aliphatic rings. The third-order valence-corrected chi connectivity index (χ3v) is 2.64. The van der Waals surface area contributed by atoms with Gasteiger partial charge in [-0.2, -0.15) is 4.98 Å². The molecule has 2 N–H and O–H groups in total. The van der Waals surface area contributed by atoms with Crippen molar-refractivity contribution in [2.75, 3.05) is 17.2 Å². The number of benzene rings is 1. The maximum Gasteiger partial charge on any atom is 0.329 e. The third-order valence-electron chi connectivity index (χ3n) is 2.43. The van der Waals surface area contributed by atoms with Gasteiger partial charge in [-0.05, 0) is 25.1 Å². The smallest absolute Gasteiger partial charge is 0.329 e. The summed E-state index contributed by atoms with van der Waals surface area (Å²) in [7, 11) is 0. The van der Waals surface area contributed by atoms with Gasteiger partial charge in [0.05, 0.1) is 4.92 Å². The fraction of sp³-hybridized carbons (Fsp3) is 0.167. The quantitative estimate of drug-likeness (QED) is 0.649. The van der Waals surface area contributed by atoms with E-state index in [0.29, 0.717) is 6.54 Å². The van der Waals surface area contributed by atoms with Crippen LogP contribution in [0.3, 0.4) is 0 Å². The summed E-state index contributed by atoms with van der Waals surface area (Å²) in [5.41, 5.74) is -0.0683. The fourth-order valence-corrected chi connectivity index (χ4v) is 1.83. The lowest BCUT2D eigenvalue weighted by atomic mass is 10.3. The summed E-state index contributed by atoms with van der Waals surface area (Å²) in [6.45, 7) is 2.40. The van der Waals surface area contributed by atoms with E-state index < -0.39 is 10.7 Å². The predicted octanol–water partition coefficient (Wildman–Crippen LogP) is 3.35. The van der Waals surface area contributed by atoms with Crippen LogP contribution in [-0.4, -0.2) is 21.4 Å². The van der Waals surface area contributed by atoms with Crippen molar-refractivity contribution < 1.29 is 9.31 Å². The molecule has 1 heterocycles. The molecule has 0 atom stereocenters. The van der Waals surface area contributed by atoms with Crippen LogP contribution < -0.4 is 10.6 Å². The Balaban J connectivity index is 2.40. The largest absolute Gasteiger partial charge is 0.354 e. The highest BCUT2D eigenvalue weighted by Crippen LogP contribution is 2.27. The van der Waals surface area contributed by atoms with E-state index in [9.17, 15) is 14.5 Å². The molecule has 1 aromatic heterocycles. The summed E-state index contributed by atoms with van der Waals surface area (Å²) in [5.74, 6) is -0.380.